The molecule has 0 spiro atoms. The molecule has 4 heteroatoms. The Kier molecular flexibility index (Phi) is 2.73. The molecule has 0 unspecified atom stereocenters. The standard InChI is InChI=1S/C15H13FO3/c1-8-7-10-12(15(18)19-14(10)17)11(13(8)16)9-5-3-2-4-6-9/h2-6,10-13H,1,7H2/t10-,11+,12-,13+/m1/s1. The van der Waals surface area contributed by atoms with Crippen LogP contribution in [0.2, 0.25) is 0 Å². The van der Waals surface area contributed by atoms with Gasteiger partial charge in [-0.25, -0.2) is 4.39 Å². The number of allylic oxidation sites excluding steroid dienone is 1. The van der Waals surface area contributed by atoms with Crippen molar-refractivity contribution in [3.63, 3.8) is 0 Å². The van der Waals surface area contributed by atoms with Crippen LogP contribution in [0, 0.1) is 11.8 Å². The van der Waals surface area contributed by atoms with Gasteiger partial charge in [-0.15, -0.1) is 0 Å². The van der Waals surface area contributed by atoms with E-state index in [4.69, 9.17) is 0 Å². The number of carbonyl (C=O) groups excluding carboxylic acids is 2. The number of halogens is 1. The fourth-order valence-electron chi connectivity index (χ4n) is 3.04. The van der Waals surface area contributed by atoms with Crippen molar-refractivity contribution in [1.29, 1.82) is 0 Å². The van der Waals surface area contributed by atoms with Crippen LogP contribution in [-0.2, 0) is 14.3 Å². The van der Waals surface area contributed by atoms with Gasteiger partial charge < -0.3 is 4.74 Å². The van der Waals surface area contributed by atoms with Gasteiger partial charge in [0.2, 0.25) is 0 Å². The summed E-state index contributed by atoms with van der Waals surface area (Å²) in [6.07, 6.45) is -1.12. The number of hydrogen-bond donors (Lipinski definition) is 0. The van der Waals surface area contributed by atoms with E-state index in [1.54, 1.807) is 24.3 Å². The molecule has 1 heterocycles. The molecule has 0 aromatic heterocycles. The second-order valence-corrected chi connectivity index (χ2v) is 5.07. The lowest BCUT2D eigenvalue weighted by Gasteiger charge is -2.34. The highest BCUT2D eigenvalue weighted by molar-refractivity contribution is 5.97. The van der Waals surface area contributed by atoms with E-state index >= 15 is 0 Å². The van der Waals surface area contributed by atoms with Crippen LogP contribution >= 0.6 is 0 Å². The summed E-state index contributed by atoms with van der Waals surface area (Å²) < 4.78 is 19.1. The highest BCUT2D eigenvalue weighted by Gasteiger charge is 2.55. The number of cyclic esters (lactones) is 2. The minimum Gasteiger partial charge on any atom is -0.393 e. The predicted molar refractivity (Wildman–Crippen MR) is 65.9 cm³/mol. The molecule has 1 aromatic carbocycles. The zero-order valence-electron chi connectivity index (χ0n) is 10.2. The molecule has 2 aliphatic rings. The van der Waals surface area contributed by atoms with Gasteiger partial charge >= 0.3 is 11.9 Å². The van der Waals surface area contributed by atoms with E-state index in [1.807, 2.05) is 6.07 Å². The summed E-state index contributed by atoms with van der Waals surface area (Å²) in [5.41, 5.74) is 1.07. The van der Waals surface area contributed by atoms with Gasteiger partial charge in [-0.1, -0.05) is 36.9 Å². The number of esters is 2. The van der Waals surface area contributed by atoms with Gasteiger partial charge in [0.25, 0.3) is 0 Å². The first-order chi connectivity index (χ1) is 9.09. The second-order valence-electron chi connectivity index (χ2n) is 5.07. The molecule has 0 radical (unpaired) electrons. The number of rotatable bonds is 1. The number of alkyl halides is 1. The smallest absolute Gasteiger partial charge is 0.318 e. The van der Waals surface area contributed by atoms with Gasteiger partial charge in [-0.2, -0.15) is 0 Å². The Morgan fingerprint density at radius 1 is 1.11 bits per heavy atom. The maximum Gasteiger partial charge on any atom is 0.318 e. The number of carbonyl (C=O) groups is 2. The predicted octanol–water partition coefficient (Wildman–Crippen LogP) is 2.38. The van der Waals surface area contributed by atoms with E-state index < -0.39 is 35.9 Å². The summed E-state index contributed by atoms with van der Waals surface area (Å²) >= 11 is 0. The first-order valence-corrected chi connectivity index (χ1v) is 6.22. The fraction of sp³-hybridized carbons (Fsp3) is 0.333. The van der Waals surface area contributed by atoms with Gasteiger partial charge in [-0.3, -0.25) is 9.59 Å². The van der Waals surface area contributed by atoms with Crippen molar-refractivity contribution >= 4 is 11.9 Å². The fourth-order valence-corrected chi connectivity index (χ4v) is 3.04. The lowest BCUT2D eigenvalue weighted by atomic mass is 9.68. The summed E-state index contributed by atoms with van der Waals surface area (Å²) in [4.78, 5) is 23.5. The van der Waals surface area contributed by atoms with E-state index in [0.29, 0.717) is 11.1 Å². The summed E-state index contributed by atoms with van der Waals surface area (Å²) in [7, 11) is 0. The Labute approximate surface area is 110 Å². The Morgan fingerprint density at radius 2 is 1.79 bits per heavy atom. The van der Waals surface area contributed by atoms with Crippen LogP contribution in [0.3, 0.4) is 0 Å². The number of fused-ring (bicyclic) bond motifs is 1. The van der Waals surface area contributed by atoms with Crippen molar-refractivity contribution in [2.45, 2.75) is 18.5 Å². The molecule has 98 valence electrons. The van der Waals surface area contributed by atoms with Crippen LogP contribution < -0.4 is 0 Å². The second kappa shape index (κ2) is 4.30. The van der Waals surface area contributed by atoms with E-state index in [2.05, 4.69) is 11.3 Å². The molecule has 3 rings (SSSR count). The van der Waals surface area contributed by atoms with Gasteiger partial charge in [0.05, 0.1) is 11.8 Å². The highest BCUT2D eigenvalue weighted by Crippen LogP contribution is 2.48. The average molecular weight is 260 g/mol. The van der Waals surface area contributed by atoms with Crippen LogP contribution in [0.15, 0.2) is 42.5 Å². The lowest BCUT2D eigenvalue weighted by Crippen LogP contribution is -2.37. The quantitative estimate of drug-likeness (QED) is 0.442. The Balaban J connectivity index is 2.06. The van der Waals surface area contributed by atoms with Gasteiger partial charge in [-0.05, 0) is 17.6 Å². The molecule has 2 fully saturated rings. The van der Waals surface area contributed by atoms with E-state index in [-0.39, 0.29) is 6.42 Å². The van der Waals surface area contributed by atoms with Crippen molar-refractivity contribution in [3.05, 3.63) is 48.0 Å². The molecule has 1 saturated heterocycles. The maximum atomic E-state index is 14.4. The van der Waals surface area contributed by atoms with Crippen molar-refractivity contribution in [1.82, 2.24) is 0 Å². The van der Waals surface area contributed by atoms with Crippen molar-refractivity contribution in [2.75, 3.05) is 0 Å². The normalized spacial score (nSPS) is 34.1. The number of hydrogen-bond acceptors (Lipinski definition) is 3. The van der Waals surface area contributed by atoms with Crippen LogP contribution in [0.25, 0.3) is 0 Å². The largest absolute Gasteiger partial charge is 0.393 e. The third-order valence-corrected chi connectivity index (χ3v) is 3.97. The van der Waals surface area contributed by atoms with Gasteiger partial charge in [0.15, 0.2) is 0 Å². The molecule has 0 amide bonds. The van der Waals surface area contributed by atoms with Crippen LogP contribution in [-0.4, -0.2) is 18.1 Å². The van der Waals surface area contributed by atoms with Crippen molar-refractivity contribution < 1.29 is 18.7 Å². The minimum absolute atomic E-state index is 0.194. The zero-order chi connectivity index (χ0) is 13.6. The van der Waals surface area contributed by atoms with Crippen LogP contribution in [0.5, 0.6) is 0 Å². The molecule has 1 aromatic rings. The maximum absolute atomic E-state index is 14.4. The highest BCUT2D eigenvalue weighted by atomic mass is 19.1. The summed E-state index contributed by atoms with van der Waals surface area (Å²) in [6.45, 7) is 3.70. The molecule has 0 bridgehead atoms. The van der Waals surface area contributed by atoms with Gasteiger partial charge in [0.1, 0.15) is 6.17 Å². The summed E-state index contributed by atoms with van der Waals surface area (Å²) in [5, 5.41) is 0. The molecule has 1 aliphatic carbocycles. The van der Waals surface area contributed by atoms with Crippen molar-refractivity contribution in [3.8, 4) is 0 Å². The lowest BCUT2D eigenvalue weighted by molar-refractivity contribution is -0.153. The zero-order valence-corrected chi connectivity index (χ0v) is 10.2. The monoisotopic (exact) mass is 260 g/mol. The molecule has 3 nitrogen and oxygen atoms in total. The van der Waals surface area contributed by atoms with Crippen LogP contribution in [0.1, 0.15) is 17.9 Å². The average Bonchev–Trinajstić information content (AvgIpc) is 2.67. The molecule has 4 atom stereocenters. The molecular weight excluding hydrogens is 247 g/mol. The summed E-state index contributed by atoms with van der Waals surface area (Å²) in [5.74, 6) is -3.15. The molecule has 19 heavy (non-hydrogen) atoms. The minimum atomic E-state index is -1.32. The molecular formula is C15H13FO3. The Bertz CT molecular complexity index is 552. The molecule has 1 aliphatic heterocycles. The van der Waals surface area contributed by atoms with E-state index in [0.717, 1.165) is 0 Å². The van der Waals surface area contributed by atoms with E-state index in [9.17, 15) is 14.0 Å². The number of ether oxygens (including phenoxy) is 1. The van der Waals surface area contributed by atoms with E-state index in [1.165, 1.54) is 0 Å². The molecule has 0 N–H and O–H groups in total. The Hall–Kier alpha value is -1.97. The first kappa shape index (κ1) is 12.1. The molecule has 1 saturated carbocycles. The van der Waals surface area contributed by atoms with Crippen molar-refractivity contribution in [2.24, 2.45) is 11.8 Å². The third-order valence-electron chi connectivity index (χ3n) is 3.97. The van der Waals surface area contributed by atoms with Crippen LogP contribution in [0.4, 0.5) is 4.39 Å². The topological polar surface area (TPSA) is 43.4 Å². The first-order valence-electron chi connectivity index (χ1n) is 6.22. The number of benzene rings is 1. The third kappa shape index (κ3) is 1.79. The summed E-state index contributed by atoms with van der Waals surface area (Å²) in [6, 6.07) is 8.93. The van der Waals surface area contributed by atoms with Gasteiger partial charge in [0, 0.05) is 5.92 Å². The Morgan fingerprint density at radius 3 is 2.47 bits per heavy atom. The SMILES string of the molecule is C=C1C[C@H]2C(=O)OC(=O)[C@H]2[C@H](c2ccccc2)[C@H]1F.